The van der Waals surface area contributed by atoms with Gasteiger partial charge in [0.25, 0.3) is 5.91 Å². The second kappa shape index (κ2) is 6.34. The van der Waals surface area contributed by atoms with Gasteiger partial charge in [0.1, 0.15) is 11.3 Å². The highest BCUT2D eigenvalue weighted by Gasteiger charge is 2.93. The molecule has 0 saturated heterocycles. The summed E-state index contributed by atoms with van der Waals surface area (Å²) in [5, 5.41) is 22.8. The van der Waals surface area contributed by atoms with Gasteiger partial charge in [-0.25, -0.2) is 4.99 Å². The van der Waals surface area contributed by atoms with Crippen molar-refractivity contribution in [2.45, 2.75) is 32.6 Å². The summed E-state index contributed by atoms with van der Waals surface area (Å²) in [6.45, 7) is 5.45. The Morgan fingerprint density at radius 1 is 1.22 bits per heavy atom. The molecule has 0 radical (unpaired) electrons. The third kappa shape index (κ3) is 2.21. The molecule has 1 aliphatic heterocycles. The van der Waals surface area contributed by atoms with Crippen LogP contribution in [0.15, 0.2) is 29.3 Å². The lowest BCUT2D eigenvalue weighted by molar-refractivity contribution is -0.255. The molecule has 0 spiro atoms. The molecule has 8 heteroatoms. The highest BCUT2D eigenvalue weighted by molar-refractivity contribution is 6.00. The fourth-order valence-electron chi connectivity index (χ4n) is 4.21. The van der Waals surface area contributed by atoms with Crippen molar-refractivity contribution in [3.63, 3.8) is 0 Å². The maximum Gasteiger partial charge on any atom is 0.293 e. The van der Waals surface area contributed by atoms with Crippen LogP contribution in [0.3, 0.4) is 0 Å². The van der Waals surface area contributed by atoms with Gasteiger partial charge in [-0.05, 0) is 31.5 Å². The number of hydrogen-bond donors (Lipinski definition) is 2. The van der Waals surface area contributed by atoms with Crippen molar-refractivity contribution in [1.82, 2.24) is 0 Å². The van der Waals surface area contributed by atoms with Crippen LogP contribution in [-0.2, 0) is 14.3 Å². The molecule has 8 nitrogen and oxygen atoms in total. The Balaban J connectivity index is 2.10. The van der Waals surface area contributed by atoms with Crippen LogP contribution in [0.5, 0.6) is 0 Å². The third-order valence-corrected chi connectivity index (χ3v) is 5.17. The number of nitrogens with zero attached hydrogens (tertiary/aromatic N) is 3. The number of rotatable bonds is 6. The first-order chi connectivity index (χ1) is 12.9. The van der Waals surface area contributed by atoms with Gasteiger partial charge in [-0.3, -0.25) is 4.79 Å². The maximum atomic E-state index is 11.2. The molecule has 1 aliphatic carbocycles. The summed E-state index contributed by atoms with van der Waals surface area (Å²) in [6, 6.07) is 11.4. The largest absolute Gasteiger partial charge is 0.386 e. The van der Waals surface area contributed by atoms with E-state index in [1.165, 1.54) is 6.92 Å². The molecule has 27 heavy (non-hydrogen) atoms. The van der Waals surface area contributed by atoms with Crippen LogP contribution < -0.4 is 11.1 Å². The van der Waals surface area contributed by atoms with Crippen molar-refractivity contribution < 1.29 is 14.3 Å². The molecule has 0 unspecified atom stereocenters. The number of nitrogens with one attached hydrogen (secondary N) is 1. The highest BCUT2D eigenvalue weighted by Crippen LogP contribution is 2.81. The summed E-state index contributed by atoms with van der Waals surface area (Å²) < 4.78 is 11.6. The summed E-state index contributed by atoms with van der Waals surface area (Å²) >= 11 is 0. The number of aliphatic imine (C=N–C) groups is 1. The average Bonchev–Trinajstić information content (AvgIpc) is 3.21. The smallest absolute Gasteiger partial charge is 0.293 e. The minimum Gasteiger partial charge on any atom is -0.386 e. The van der Waals surface area contributed by atoms with E-state index in [0.717, 1.165) is 5.56 Å². The Bertz CT molecular complexity index is 876. The molecule has 1 amide bonds. The molecule has 1 saturated carbocycles. The molecule has 1 heterocycles. The normalized spacial score (nSPS) is 29.8. The molecule has 1 aromatic carbocycles. The molecule has 140 valence electrons. The predicted molar refractivity (Wildman–Crippen MR) is 97.2 cm³/mol. The van der Waals surface area contributed by atoms with Crippen LogP contribution in [0.2, 0.25) is 0 Å². The highest BCUT2D eigenvalue weighted by atomic mass is 16.7. The molecule has 0 bridgehead atoms. The van der Waals surface area contributed by atoms with E-state index in [2.05, 4.69) is 22.4 Å². The van der Waals surface area contributed by atoms with E-state index in [1.54, 1.807) is 38.1 Å². The van der Waals surface area contributed by atoms with Crippen LogP contribution in [-0.4, -0.2) is 30.9 Å². The van der Waals surface area contributed by atoms with Gasteiger partial charge in [-0.1, -0.05) is 12.1 Å². The molecule has 3 N–H and O–H groups in total. The molecule has 1 fully saturated rings. The van der Waals surface area contributed by atoms with Gasteiger partial charge >= 0.3 is 0 Å². The van der Waals surface area contributed by atoms with E-state index < -0.39 is 22.7 Å². The van der Waals surface area contributed by atoms with Crippen LogP contribution in [0.1, 0.15) is 32.3 Å². The number of anilines is 1. The second-order valence-corrected chi connectivity index (χ2v) is 6.52. The number of amides is 1. The lowest BCUT2D eigenvalue weighted by atomic mass is 9.93. The number of benzene rings is 1. The predicted octanol–water partition coefficient (Wildman–Crippen LogP) is 1.86. The van der Waals surface area contributed by atoms with Crippen LogP contribution >= 0.6 is 0 Å². The summed E-state index contributed by atoms with van der Waals surface area (Å²) in [5.41, 5.74) is 4.81. The Morgan fingerprint density at radius 3 is 2.26 bits per heavy atom. The number of carbonyl (C=O) groups excluding carboxylic acids is 1. The zero-order valence-corrected chi connectivity index (χ0v) is 15.4. The van der Waals surface area contributed by atoms with Crippen LogP contribution in [0, 0.1) is 33.5 Å². The Hall–Kier alpha value is -2.94. The van der Waals surface area contributed by atoms with Crippen molar-refractivity contribution >= 4 is 17.4 Å². The monoisotopic (exact) mass is 367 g/mol. The first kappa shape index (κ1) is 18.8. The van der Waals surface area contributed by atoms with Gasteiger partial charge in [-0.2, -0.15) is 10.5 Å². The van der Waals surface area contributed by atoms with E-state index in [0.29, 0.717) is 5.69 Å². The van der Waals surface area contributed by atoms with Gasteiger partial charge in [0.05, 0.1) is 12.1 Å². The second-order valence-electron chi connectivity index (χ2n) is 6.52. The number of nitriles is 2. The molecule has 3 rings (SSSR count). The fourth-order valence-corrected chi connectivity index (χ4v) is 4.21. The lowest BCUT2D eigenvalue weighted by Gasteiger charge is -2.31. The SMILES string of the molecule is CCOC1(OCC)N=C(N)[C@]2(C#N)[C@H](c3ccc(NC(C)=O)cc3)[C@@]12C#N. The Kier molecular flexibility index (Phi) is 4.43. The number of nitrogens with two attached hydrogens (primary N) is 1. The van der Waals surface area contributed by atoms with Crippen LogP contribution in [0.25, 0.3) is 0 Å². The average molecular weight is 367 g/mol. The standard InChI is InChI=1S/C19H21N5O3/c1-4-26-19(27-5-2)18(11-21)15(17(18,10-20)16(22)24-19)13-6-8-14(9-7-13)23-12(3)25/h6-9,15H,4-5H2,1-3H3,(H2,22,24)(H,23,25)/t15-,17-,18+/m0/s1. The zero-order valence-electron chi connectivity index (χ0n) is 15.4. The van der Waals surface area contributed by atoms with E-state index in [1.807, 2.05) is 0 Å². The van der Waals surface area contributed by atoms with Gasteiger partial charge in [0.15, 0.2) is 5.41 Å². The first-order valence-electron chi connectivity index (χ1n) is 8.72. The zero-order chi connectivity index (χ0) is 19.9. The summed E-state index contributed by atoms with van der Waals surface area (Å²) in [4.78, 5) is 15.5. The summed E-state index contributed by atoms with van der Waals surface area (Å²) in [7, 11) is 0. The molecule has 1 aromatic rings. The van der Waals surface area contributed by atoms with Gasteiger partial charge in [-0.15, -0.1) is 0 Å². The van der Waals surface area contributed by atoms with E-state index in [9.17, 15) is 15.3 Å². The topological polar surface area (TPSA) is 134 Å². The summed E-state index contributed by atoms with van der Waals surface area (Å²) in [5.74, 6) is -2.31. The van der Waals surface area contributed by atoms with E-state index >= 15 is 0 Å². The fraction of sp³-hybridized carbons (Fsp3) is 0.474. The van der Waals surface area contributed by atoms with E-state index in [-0.39, 0.29) is 25.0 Å². The number of ether oxygens (including phenoxy) is 2. The van der Waals surface area contributed by atoms with Gasteiger partial charge in [0, 0.05) is 31.7 Å². The summed E-state index contributed by atoms with van der Waals surface area (Å²) in [6.07, 6.45) is 0. The van der Waals surface area contributed by atoms with Crippen molar-refractivity contribution in [3.8, 4) is 12.1 Å². The minimum absolute atomic E-state index is 0.0457. The molecule has 0 aromatic heterocycles. The quantitative estimate of drug-likeness (QED) is 0.737. The number of amidine groups is 1. The third-order valence-electron chi connectivity index (χ3n) is 5.17. The molecular weight excluding hydrogens is 346 g/mol. The Labute approximate surface area is 157 Å². The minimum atomic E-state index is -1.62. The van der Waals surface area contributed by atoms with Crippen LogP contribution in [0.4, 0.5) is 5.69 Å². The number of hydrogen-bond acceptors (Lipinski definition) is 7. The molecule has 3 atom stereocenters. The van der Waals surface area contributed by atoms with Crippen molar-refractivity contribution in [3.05, 3.63) is 29.8 Å². The van der Waals surface area contributed by atoms with E-state index in [4.69, 9.17) is 15.2 Å². The van der Waals surface area contributed by atoms with Gasteiger partial charge in [0.2, 0.25) is 5.91 Å². The lowest BCUT2D eigenvalue weighted by Crippen LogP contribution is -2.43. The Morgan fingerprint density at radius 2 is 1.81 bits per heavy atom. The van der Waals surface area contributed by atoms with Crippen molar-refractivity contribution in [2.75, 3.05) is 18.5 Å². The van der Waals surface area contributed by atoms with Gasteiger partial charge < -0.3 is 20.5 Å². The number of carbonyl (C=O) groups is 1. The van der Waals surface area contributed by atoms with Crippen molar-refractivity contribution in [2.24, 2.45) is 21.6 Å². The number of fused-ring (bicyclic) bond motifs is 1. The molecule has 2 aliphatic rings. The first-order valence-corrected chi connectivity index (χ1v) is 8.72. The maximum absolute atomic E-state index is 11.2. The molecular formula is C19H21N5O3. The van der Waals surface area contributed by atoms with Crippen molar-refractivity contribution in [1.29, 1.82) is 10.5 Å².